The summed E-state index contributed by atoms with van der Waals surface area (Å²) < 4.78 is 0. The Morgan fingerprint density at radius 1 is 0.588 bits per heavy atom. The smallest absolute Gasteiger partial charge is 0.0184 e. The van der Waals surface area contributed by atoms with Crippen LogP contribution in [0.15, 0.2) is 60.7 Å². The number of hydrogen-bond donors (Lipinski definition) is 0. The van der Waals surface area contributed by atoms with Gasteiger partial charge in [-0.3, -0.25) is 0 Å². The summed E-state index contributed by atoms with van der Waals surface area (Å²) in [6, 6.07) is 20.8. The van der Waals surface area contributed by atoms with Crippen LogP contribution in [-0.4, -0.2) is 0 Å². The lowest BCUT2D eigenvalue weighted by Gasteiger charge is -1.98. The van der Waals surface area contributed by atoms with Gasteiger partial charge in [-0.25, -0.2) is 0 Å². The molecule has 2 aromatic rings. The van der Waals surface area contributed by atoms with Crippen molar-refractivity contribution in [3.8, 4) is 11.1 Å². The van der Waals surface area contributed by atoms with Crippen molar-refractivity contribution in [3.05, 3.63) is 60.7 Å². The van der Waals surface area contributed by atoms with E-state index in [9.17, 15) is 0 Å². The molecular formula is C17H26. The largest absolute Gasteiger partial charge is 0.0776 e. The Hall–Kier alpha value is -1.56. The minimum absolute atomic E-state index is 0. The van der Waals surface area contributed by atoms with Gasteiger partial charge in [0.25, 0.3) is 0 Å². The summed E-state index contributed by atoms with van der Waals surface area (Å²) >= 11 is 0. The molecule has 17 heavy (non-hydrogen) atoms. The van der Waals surface area contributed by atoms with Crippen molar-refractivity contribution in [2.75, 3.05) is 0 Å². The summed E-state index contributed by atoms with van der Waals surface area (Å²) in [6.45, 7) is 4.25. The van der Waals surface area contributed by atoms with E-state index < -0.39 is 0 Å². The Bertz CT molecular complexity index is 311. The molecule has 94 valence electrons. The third kappa shape index (κ3) is 6.57. The second kappa shape index (κ2) is 10.9. The van der Waals surface area contributed by atoms with Crippen molar-refractivity contribution in [3.63, 3.8) is 0 Å². The third-order valence-electron chi connectivity index (χ3n) is 1.88. The maximum atomic E-state index is 2.12. The lowest BCUT2D eigenvalue weighted by atomic mass is 10.1. The lowest BCUT2D eigenvalue weighted by molar-refractivity contribution is 1.09. The minimum Gasteiger partial charge on any atom is -0.0776 e. The normalized spacial score (nSPS) is 7.88. The molecule has 0 heterocycles. The zero-order valence-electron chi connectivity index (χ0n) is 9.48. The average molecular weight is 230 g/mol. The molecule has 0 nitrogen and oxygen atoms in total. The van der Waals surface area contributed by atoms with E-state index in [4.69, 9.17) is 0 Å². The fourth-order valence-corrected chi connectivity index (χ4v) is 1.26. The highest BCUT2D eigenvalue weighted by Gasteiger charge is 1.91. The minimum atomic E-state index is 0. The first-order valence-electron chi connectivity index (χ1n) is 5.49. The molecule has 0 aliphatic heterocycles. The van der Waals surface area contributed by atoms with Gasteiger partial charge in [-0.2, -0.15) is 0 Å². The third-order valence-corrected chi connectivity index (χ3v) is 1.88. The highest BCUT2D eigenvalue weighted by Crippen LogP contribution is 2.17. The molecule has 0 aliphatic rings. The monoisotopic (exact) mass is 230 g/mol. The molecule has 0 fully saturated rings. The van der Waals surface area contributed by atoms with Gasteiger partial charge in [0.15, 0.2) is 0 Å². The zero-order chi connectivity index (χ0) is 10.9. The van der Waals surface area contributed by atoms with Crippen molar-refractivity contribution in [1.82, 2.24) is 0 Å². The van der Waals surface area contributed by atoms with Gasteiger partial charge in [-0.1, -0.05) is 95.8 Å². The first kappa shape index (κ1) is 17.8. The molecule has 0 saturated carbocycles. The van der Waals surface area contributed by atoms with Crippen LogP contribution in [0.5, 0.6) is 0 Å². The highest BCUT2D eigenvalue weighted by atomic mass is 14.0. The van der Waals surface area contributed by atoms with Crippen molar-refractivity contribution >= 4 is 0 Å². The second-order valence-corrected chi connectivity index (χ2v) is 3.44. The van der Waals surface area contributed by atoms with Crippen LogP contribution in [0.1, 0.15) is 35.1 Å². The summed E-state index contributed by atoms with van der Waals surface area (Å²) in [7, 11) is 0. The second-order valence-electron chi connectivity index (χ2n) is 3.44. The molecule has 0 bridgehead atoms. The van der Waals surface area contributed by atoms with Crippen molar-refractivity contribution in [2.24, 2.45) is 0 Å². The van der Waals surface area contributed by atoms with Gasteiger partial charge in [0.05, 0.1) is 0 Å². The van der Waals surface area contributed by atoms with Gasteiger partial charge in [-0.05, 0) is 11.1 Å². The Morgan fingerprint density at radius 2 is 0.824 bits per heavy atom. The molecule has 0 aromatic heterocycles. The summed E-state index contributed by atoms with van der Waals surface area (Å²) in [5.74, 6) is 0. The average Bonchev–Trinajstić information content (AvgIpc) is 2.32. The maximum absolute atomic E-state index is 2.12. The Kier molecular flexibility index (Phi) is 11.5. The molecule has 0 atom stereocenters. The maximum Gasteiger partial charge on any atom is -0.0184 e. The van der Waals surface area contributed by atoms with E-state index in [2.05, 4.69) is 62.4 Å². The van der Waals surface area contributed by atoms with Gasteiger partial charge < -0.3 is 0 Å². The van der Waals surface area contributed by atoms with Crippen LogP contribution in [0.2, 0.25) is 0 Å². The Labute approximate surface area is 107 Å². The quantitative estimate of drug-likeness (QED) is 0.560. The van der Waals surface area contributed by atoms with Gasteiger partial charge in [0.2, 0.25) is 0 Å². The molecule has 2 aromatic carbocycles. The molecule has 0 aliphatic carbocycles. The first-order chi connectivity index (χ1) is 7.38. The Balaban J connectivity index is 0. The van der Waals surface area contributed by atoms with Crippen LogP contribution in [0, 0.1) is 0 Å². The number of rotatable bonds is 1. The molecule has 2 rings (SSSR count). The molecular weight excluding hydrogens is 204 g/mol. The van der Waals surface area contributed by atoms with Crippen LogP contribution in [0.25, 0.3) is 11.1 Å². The first-order valence-corrected chi connectivity index (χ1v) is 5.49. The fraction of sp³-hybridized carbons (Fsp3) is 0.294. The molecule has 0 amide bonds. The van der Waals surface area contributed by atoms with Crippen LogP contribution in [0.3, 0.4) is 0 Å². The predicted molar refractivity (Wildman–Crippen MR) is 81.3 cm³/mol. The van der Waals surface area contributed by atoms with E-state index in [1.54, 1.807) is 0 Å². The van der Waals surface area contributed by atoms with Crippen molar-refractivity contribution in [1.29, 1.82) is 0 Å². The fourth-order valence-electron chi connectivity index (χ4n) is 1.26. The lowest BCUT2D eigenvalue weighted by Crippen LogP contribution is -1.73. The van der Waals surface area contributed by atoms with Crippen molar-refractivity contribution in [2.45, 2.75) is 35.1 Å². The standard InChI is InChI=1S/C12H10.C3H8.2CH4/c1-3-7-11(8-4-1)12-9-5-2-6-10-12;1-3-2;;/h1-10H;3H2,1-2H3;2*1H4. The van der Waals surface area contributed by atoms with Crippen molar-refractivity contribution < 1.29 is 0 Å². The highest BCUT2D eigenvalue weighted by molar-refractivity contribution is 5.62. The molecule has 0 N–H and O–H groups in total. The Morgan fingerprint density at radius 3 is 1.06 bits per heavy atom. The number of hydrogen-bond acceptors (Lipinski definition) is 0. The van der Waals surface area contributed by atoms with E-state index in [-0.39, 0.29) is 14.9 Å². The predicted octanol–water partition coefficient (Wildman–Crippen LogP) is 6.04. The molecule has 0 spiro atoms. The molecule has 0 unspecified atom stereocenters. The molecule has 0 heteroatoms. The van der Waals surface area contributed by atoms with E-state index >= 15 is 0 Å². The summed E-state index contributed by atoms with van der Waals surface area (Å²) in [5, 5.41) is 0. The van der Waals surface area contributed by atoms with Gasteiger partial charge in [0, 0.05) is 0 Å². The zero-order valence-corrected chi connectivity index (χ0v) is 9.48. The van der Waals surface area contributed by atoms with E-state index in [1.165, 1.54) is 17.5 Å². The SMILES string of the molecule is C.C.CCC.c1ccc(-c2ccccc2)cc1. The molecule has 0 saturated heterocycles. The molecule has 0 radical (unpaired) electrons. The summed E-state index contributed by atoms with van der Waals surface area (Å²) in [4.78, 5) is 0. The summed E-state index contributed by atoms with van der Waals surface area (Å²) in [5.41, 5.74) is 2.55. The van der Waals surface area contributed by atoms with Crippen LogP contribution < -0.4 is 0 Å². The van der Waals surface area contributed by atoms with Crippen LogP contribution in [0.4, 0.5) is 0 Å². The van der Waals surface area contributed by atoms with Crippen LogP contribution in [-0.2, 0) is 0 Å². The van der Waals surface area contributed by atoms with Crippen LogP contribution >= 0.6 is 0 Å². The summed E-state index contributed by atoms with van der Waals surface area (Å²) in [6.07, 6.45) is 1.25. The van der Waals surface area contributed by atoms with Gasteiger partial charge >= 0.3 is 0 Å². The van der Waals surface area contributed by atoms with E-state index in [0.717, 1.165) is 0 Å². The van der Waals surface area contributed by atoms with E-state index in [0.29, 0.717) is 0 Å². The topological polar surface area (TPSA) is 0 Å². The number of benzene rings is 2. The van der Waals surface area contributed by atoms with E-state index in [1.807, 2.05) is 12.1 Å². The van der Waals surface area contributed by atoms with Gasteiger partial charge in [0.1, 0.15) is 0 Å². The van der Waals surface area contributed by atoms with Gasteiger partial charge in [-0.15, -0.1) is 0 Å².